The second-order valence-corrected chi connectivity index (χ2v) is 6.67. The van der Waals surface area contributed by atoms with Gasteiger partial charge in [0.05, 0.1) is 5.56 Å². The summed E-state index contributed by atoms with van der Waals surface area (Å²) in [7, 11) is 1.77. The number of hydrogen-bond donors (Lipinski definition) is 2. The zero-order valence-corrected chi connectivity index (χ0v) is 16.2. The molecular formula is C20H18Cl2N4O. The van der Waals surface area contributed by atoms with Gasteiger partial charge in [0.1, 0.15) is 16.8 Å². The summed E-state index contributed by atoms with van der Waals surface area (Å²) in [6.07, 6.45) is 1.87. The number of carbonyl (C=O) groups excluding carboxylic acids is 1. The fraction of sp³-hybridized carbons (Fsp3) is 0.150. The van der Waals surface area contributed by atoms with Crippen molar-refractivity contribution in [1.29, 1.82) is 0 Å². The molecule has 27 heavy (non-hydrogen) atoms. The van der Waals surface area contributed by atoms with Crippen LogP contribution in [0.2, 0.25) is 10.2 Å². The van der Waals surface area contributed by atoms with Gasteiger partial charge in [-0.25, -0.2) is 9.97 Å². The van der Waals surface area contributed by atoms with Gasteiger partial charge in [0.15, 0.2) is 5.78 Å². The van der Waals surface area contributed by atoms with Crippen LogP contribution >= 0.6 is 23.2 Å². The molecule has 0 atom stereocenters. The summed E-state index contributed by atoms with van der Waals surface area (Å²) in [5.74, 6) is 1.17. The van der Waals surface area contributed by atoms with Crippen molar-refractivity contribution >= 4 is 40.6 Å². The first-order chi connectivity index (χ1) is 13.1. The standard InChI is InChI=1S/C20H18Cl2N4O/c1-23-20-14(3-2-10-24-20)11-17(27)16-8-9-18(26-19(16)22)25-12-13-4-6-15(21)7-5-13/h2-10H,11-12H2,1H3,(H,23,24)(H,25,26). The molecule has 0 aliphatic heterocycles. The molecule has 0 radical (unpaired) electrons. The molecule has 0 spiro atoms. The zero-order valence-electron chi connectivity index (χ0n) is 14.7. The summed E-state index contributed by atoms with van der Waals surface area (Å²) in [5.41, 5.74) is 2.26. The summed E-state index contributed by atoms with van der Waals surface area (Å²) in [5, 5.41) is 7.04. The molecule has 3 aromatic rings. The van der Waals surface area contributed by atoms with E-state index in [0.29, 0.717) is 28.8 Å². The molecule has 0 aliphatic rings. The first-order valence-corrected chi connectivity index (χ1v) is 9.12. The number of ketones is 1. The Morgan fingerprint density at radius 1 is 1.07 bits per heavy atom. The lowest BCUT2D eigenvalue weighted by Crippen LogP contribution is -2.09. The third-order valence-electron chi connectivity index (χ3n) is 4.02. The Bertz CT molecular complexity index is 945. The molecule has 5 nitrogen and oxygen atoms in total. The first kappa shape index (κ1) is 19.1. The molecule has 2 heterocycles. The Morgan fingerprint density at radius 2 is 1.85 bits per heavy atom. The maximum absolute atomic E-state index is 12.6. The van der Waals surface area contributed by atoms with Crippen LogP contribution in [0, 0.1) is 0 Å². The number of rotatable bonds is 7. The summed E-state index contributed by atoms with van der Waals surface area (Å²) >= 11 is 12.1. The number of halogens is 2. The Hall–Kier alpha value is -2.63. The number of nitrogens with zero attached hydrogens (tertiary/aromatic N) is 2. The van der Waals surface area contributed by atoms with Gasteiger partial charge in [-0.1, -0.05) is 41.4 Å². The van der Waals surface area contributed by atoms with Crippen LogP contribution < -0.4 is 10.6 Å². The highest BCUT2D eigenvalue weighted by Gasteiger charge is 2.15. The quantitative estimate of drug-likeness (QED) is 0.437. The van der Waals surface area contributed by atoms with Crippen LogP contribution in [0.4, 0.5) is 11.6 Å². The van der Waals surface area contributed by atoms with E-state index in [1.54, 1.807) is 31.4 Å². The van der Waals surface area contributed by atoms with Crippen LogP contribution in [0.25, 0.3) is 0 Å². The van der Waals surface area contributed by atoms with Crippen LogP contribution in [0.15, 0.2) is 54.7 Å². The lowest BCUT2D eigenvalue weighted by atomic mass is 10.0. The van der Waals surface area contributed by atoms with Crippen molar-refractivity contribution in [2.75, 3.05) is 17.7 Å². The molecule has 3 rings (SSSR count). The highest BCUT2D eigenvalue weighted by molar-refractivity contribution is 6.33. The number of anilines is 2. The number of carbonyl (C=O) groups is 1. The minimum absolute atomic E-state index is 0.110. The number of nitrogens with one attached hydrogen (secondary N) is 2. The Balaban J connectivity index is 1.68. The molecule has 7 heteroatoms. The van der Waals surface area contributed by atoms with Gasteiger partial charge in [-0.05, 0) is 35.9 Å². The normalized spacial score (nSPS) is 10.5. The van der Waals surface area contributed by atoms with E-state index in [1.807, 2.05) is 30.3 Å². The molecule has 0 aliphatic carbocycles. The van der Waals surface area contributed by atoms with E-state index in [0.717, 1.165) is 11.1 Å². The average molecular weight is 401 g/mol. The van der Waals surface area contributed by atoms with Crippen molar-refractivity contribution < 1.29 is 4.79 Å². The lowest BCUT2D eigenvalue weighted by Gasteiger charge is -2.10. The molecule has 0 bridgehead atoms. The molecule has 138 valence electrons. The van der Waals surface area contributed by atoms with Crippen molar-refractivity contribution in [1.82, 2.24) is 9.97 Å². The van der Waals surface area contributed by atoms with E-state index in [9.17, 15) is 4.79 Å². The van der Waals surface area contributed by atoms with Crippen molar-refractivity contribution in [3.05, 3.63) is 81.6 Å². The third kappa shape index (κ3) is 4.96. The van der Waals surface area contributed by atoms with Gasteiger partial charge in [-0.3, -0.25) is 4.79 Å². The number of aromatic nitrogens is 2. The Labute approximate surface area is 167 Å². The highest BCUT2D eigenvalue weighted by atomic mass is 35.5. The number of Topliss-reactive ketones (excluding diaryl/α,β-unsaturated/α-hetero) is 1. The zero-order chi connectivity index (χ0) is 19.2. The largest absolute Gasteiger partial charge is 0.373 e. The third-order valence-corrected chi connectivity index (χ3v) is 4.56. The molecular weight excluding hydrogens is 383 g/mol. The average Bonchev–Trinajstić information content (AvgIpc) is 2.68. The Kier molecular flexibility index (Phi) is 6.27. The molecule has 0 amide bonds. The predicted molar refractivity (Wildman–Crippen MR) is 110 cm³/mol. The molecule has 2 N–H and O–H groups in total. The van der Waals surface area contributed by atoms with Crippen molar-refractivity contribution in [3.63, 3.8) is 0 Å². The van der Waals surface area contributed by atoms with Crippen molar-refractivity contribution in [2.24, 2.45) is 0 Å². The summed E-state index contributed by atoms with van der Waals surface area (Å²) in [6.45, 7) is 0.578. The Morgan fingerprint density at radius 3 is 2.56 bits per heavy atom. The maximum atomic E-state index is 12.6. The van der Waals surface area contributed by atoms with E-state index in [1.165, 1.54) is 0 Å². The molecule has 0 unspecified atom stereocenters. The molecule has 1 aromatic carbocycles. The van der Waals surface area contributed by atoms with Gasteiger partial charge in [0.2, 0.25) is 0 Å². The topological polar surface area (TPSA) is 66.9 Å². The molecule has 0 fully saturated rings. The second kappa shape index (κ2) is 8.84. The van der Waals surface area contributed by atoms with Crippen LogP contribution in [-0.4, -0.2) is 22.8 Å². The minimum atomic E-state index is -0.110. The van der Waals surface area contributed by atoms with E-state index in [4.69, 9.17) is 23.2 Å². The van der Waals surface area contributed by atoms with E-state index in [2.05, 4.69) is 20.6 Å². The van der Waals surface area contributed by atoms with Crippen LogP contribution in [0.1, 0.15) is 21.5 Å². The smallest absolute Gasteiger partial charge is 0.170 e. The molecule has 2 aromatic heterocycles. The van der Waals surface area contributed by atoms with Gasteiger partial charge in [0, 0.05) is 36.8 Å². The van der Waals surface area contributed by atoms with Gasteiger partial charge < -0.3 is 10.6 Å². The summed E-state index contributed by atoms with van der Waals surface area (Å²) in [6, 6.07) is 14.6. The van der Waals surface area contributed by atoms with E-state index in [-0.39, 0.29) is 17.4 Å². The van der Waals surface area contributed by atoms with Crippen molar-refractivity contribution in [2.45, 2.75) is 13.0 Å². The van der Waals surface area contributed by atoms with Gasteiger partial charge in [-0.15, -0.1) is 0 Å². The van der Waals surface area contributed by atoms with Gasteiger partial charge >= 0.3 is 0 Å². The predicted octanol–water partition coefficient (Wildman–Crippen LogP) is 4.86. The second-order valence-electron chi connectivity index (χ2n) is 5.88. The summed E-state index contributed by atoms with van der Waals surface area (Å²) in [4.78, 5) is 21.1. The molecule has 0 saturated carbocycles. The number of hydrogen-bond acceptors (Lipinski definition) is 5. The number of benzene rings is 1. The van der Waals surface area contributed by atoms with Crippen molar-refractivity contribution in [3.8, 4) is 0 Å². The first-order valence-electron chi connectivity index (χ1n) is 8.36. The van der Waals surface area contributed by atoms with Crippen LogP contribution in [-0.2, 0) is 13.0 Å². The lowest BCUT2D eigenvalue weighted by molar-refractivity contribution is 0.0993. The number of pyridine rings is 2. The SMILES string of the molecule is CNc1ncccc1CC(=O)c1ccc(NCc2ccc(Cl)cc2)nc1Cl. The molecule has 0 saturated heterocycles. The van der Waals surface area contributed by atoms with E-state index < -0.39 is 0 Å². The van der Waals surface area contributed by atoms with Gasteiger partial charge in [0.25, 0.3) is 0 Å². The van der Waals surface area contributed by atoms with Crippen LogP contribution in [0.3, 0.4) is 0 Å². The van der Waals surface area contributed by atoms with Crippen LogP contribution in [0.5, 0.6) is 0 Å². The summed E-state index contributed by atoms with van der Waals surface area (Å²) < 4.78 is 0. The fourth-order valence-corrected chi connectivity index (χ4v) is 3.00. The monoisotopic (exact) mass is 400 g/mol. The minimum Gasteiger partial charge on any atom is -0.373 e. The fourth-order valence-electron chi connectivity index (χ4n) is 2.61. The van der Waals surface area contributed by atoms with Gasteiger partial charge in [-0.2, -0.15) is 0 Å². The highest BCUT2D eigenvalue weighted by Crippen LogP contribution is 2.21. The van der Waals surface area contributed by atoms with E-state index >= 15 is 0 Å². The maximum Gasteiger partial charge on any atom is 0.170 e.